The lowest BCUT2D eigenvalue weighted by Crippen LogP contribution is -2.32. The Morgan fingerprint density at radius 1 is 1.00 bits per heavy atom. The van der Waals surface area contributed by atoms with Crippen molar-refractivity contribution in [3.8, 4) is 16.8 Å². The van der Waals surface area contributed by atoms with Crippen LogP contribution in [0.3, 0.4) is 0 Å². The van der Waals surface area contributed by atoms with Crippen molar-refractivity contribution in [1.82, 2.24) is 14.3 Å². The van der Waals surface area contributed by atoms with E-state index in [4.69, 9.17) is 28.0 Å². The molecule has 1 atom stereocenters. The molecule has 5 aromatic rings. The van der Waals surface area contributed by atoms with Crippen molar-refractivity contribution >= 4 is 44.8 Å². The zero-order chi connectivity index (χ0) is 31.2. The number of aryl methyl sites for hydroxylation is 1. The van der Waals surface area contributed by atoms with Gasteiger partial charge in [-0.25, -0.2) is 9.53 Å². The van der Waals surface area contributed by atoms with Crippen LogP contribution in [0, 0.1) is 13.5 Å². The number of fused-ring (bicyclic) bond motifs is 2. The standard InChI is InChI=1S/C37H38ClN5O2/c1-23(2)25-12-6-7-13-30(25)42-32-21-26(29(38)20-27(32)36(35(39-4)37(42)44)41-17-9-5-10-18-41)34-24(3)15-16-31-28(34)22-40-43(31)33-14-8-11-19-45-33/h6-7,12-13,15-16,20-23,33H,5,8-11,14,17-19H2,1-3H3. The summed E-state index contributed by atoms with van der Waals surface area (Å²) in [5.74, 6) is 0.178. The fourth-order valence-corrected chi connectivity index (χ4v) is 7.52. The quantitative estimate of drug-likeness (QED) is 0.184. The van der Waals surface area contributed by atoms with Gasteiger partial charge in [-0.15, -0.1) is 0 Å². The molecule has 0 bridgehead atoms. The molecule has 7 rings (SSSR count). The fraction of sp³-hybridized carbons (Fsp3) is 0.378. The Hall–Kier alpha value is -4.12. The first kappa shape index (κ1) is 29.6. The molecule has 0 saturated carbocycles. The van der Waals surface area contributed by atoms with E-state index < -0.39 is 0 Å². The van der Waals surface area contributed by atoms with E-state index in [1.165, 1.54) is 0 Å². The number of anilines is 1. The van der Waals surface area contributed by atoms with Crippen LogP contribution in [0.1, 0.15) is 75.6 Å². The third-order valence-corrected chi connectivity index (χ3v) is 9.79. The summed E-state index contributed by atoms with van der Waals surface area (Å²) < 4.78 is 9.84. The highest BCUT2D eigenvalue weighted by Gasteiger charge is 2.27. The van der Waals surface area contributed by atoms with Crippen LogP contribution < -0.4 is 10.5 Å². The van der Waals surface area contributed by atoms with Gasteiger partial charge in [0.1, 0.15) is 0 Å². The Morgan fingerprint density at radius 3 is 2.53 bits per heavy atom. The van der Waals surface area contributed by atoms with Crippen molar-refractivity contribution in [3.05, 3.63) is 92.6 Å². The summed E-state index contributed by atoms with van der Waals surface area (Å²) in [5.41, 5.74) is 7.05. The average molecular weight is 620 g/mol. The number of halogens is 1. The third-order valence-electron chi connectivity index (χ3n) is 9.48. The van der Waals surface area contributed by atoms with Gasteiger partial charge in [-0.05, 0) is 92.3 Å². The number of para-hydroxylation sites is 1. The van der Waals surface area contributed by atoms with Gasteiger partial charge < -0.3 is 9.64 Å². The van der Waals surface area contributed by atoms with Crippen LogP contribution in [0.5, 0.6) is 0 Å². The van der Waals surface area contributed by atoms with E-state index >= 15 is 0 Å². The minimum absolute atomic E-state index is 0.0873. The van der Waals surface area contributed by atoms with Crippen molar-refractivity contribution < 1.29 is 4.74 Å². The Kier molecular flexibility index (Phi) is 7.89. The van der Waals surface area contributed by atoms with E-state index in [-0.39, 0.29) is 23.4 Å². The number of aromatic nitrogens is 3. The maximum Gasteiger partial charge on any atom is 0.274 e. The molecule has 230 valence electrons. The number of nitrogens with zero attached hydrogens (tertiary/aromatic N) is 5. The molecular weight excluding hydrogens is 582 g/mol. The van der Waals surface area contributed by atoms with Crippen LogP contribution in [0.4, 0.5) is 11.4 Å². The number of ether oxygens (including phenoxy) is 1. The first-order valence-corrected chi connectivity index (χ1v) is 16.5. The van der Waals surface area contributed by atoms with Gasteiger partial charge in [0.15, 0.2) is 6.23 Å². The summed E-state index contributed by atoms with van der Waals surface area (Å²) in [4.78, 5) is 20.6. The molecule has 45 heavy (non-hydrogen) atoms. The van der Waals surface area contributed by atoms with Gasteiger partial charge in [-0.3, -0.25) is 9.36 Å². The number of hydrogen-bond donors (Lipinski definition) is 0. The Labute approximate surface area is 268 Å². The Balaban J connectivity index is 1.55. The van der Waals surface area contributed by atoms with E-state index in [9.17, 15) is 4.79 Å². The van der Waals surface area contributed by atoms with Gasteiger partial charge in [0.25, 0.3) is 11.2 Å². The smallest absolute Gasteiger partial charge is 0.274 e. The van der Waals surface area contributed by atoms with Crippen LogP contribution in [0.2, 0.25) is 5.02 Å². The first-order chi connectivity index (χ1) is 21.9. The molecule has 0 radical (unpaired) electrons. The Morgan fingerprint density at radius 2 is 1.80 bits per heavy atom. The van der Waals surface area contributed by atoms with Crippen LogP contribution in [0.15, 0.2) is 59.5 Å². The van der Waals surface area contributed by atoms with Crippen LogP contribution >= 0.6 is 11.6 Å². The molecule has 2 saturated heterocycles. The molecule has 2 aliphatic heterocycles. The molecule has 0 amide bonds. The summed E-state index contributed by atoms with van der Waals surface area (Å²) in [6.45, 7) is 16.9. The predicted octanol–water partition coefficient (Wildman–Crippen LogP) is 9.33. The van der Waals surface area contributed by atoms with Gasteiger partial charge in [-0.2, -0.15) is 5.10 Å². The second-order valence-corrected chi connectivity index (χ2v) is 13.1. The minimum atomic E-state index is -0.295. The van der Waals surface area contributed by atoms with Gasteiger partial charge in [0.05, 0.1) is 35.2 Å². The normalized spacial score (nSPS) is 17.3. The number of piperidine rings is 1. The lowest BCUT2D eigenvalue weighted by Gasteiger charge is -2.32. The molecule has 0 aliphatic carbocycles. The molecule has 2 fully saturated rings. The van der Waals surface area contributed by atoms with Crippen molar-refractivity contribution in [2.24, 2.45) is 0 Å². The van der Waals surface area contributed by atoms with Crippen molar-refractivity contribution in [2.75, 3.05) is 24.6 Å². The van der Waals surface area contributed by atoms with Crippen LogP contribution in [-0.4, -0.2) is 34.0 Å². The van der Waals surface area contributed by atoms with Crippen molar-refractivity contribution in [2.45, 2.75) is 71.4 Å². The molecule has 1 unspecified atom stereocenters. The second-order valence-electron chi connectivity index (χ2n) is 12.7. The molecule has 0 spiro atoms. The van der Waals surface area contributed by atoms with E-state index in [1.54, 1.807) is 4.57 Å². The zero-order valence-corrected chi connectivity index (χ0v) is 26.9. The average Bonchev–Trinajstić information content (AvgIpc) is 3.49. The lowest BCUT2D eigenvalue weighted by atomic mass is 9.94. The molecule has 7 nitrogen and oxygen atoms in total. The van der Waals surface area contributed by atoms with E-state index in [0.717, 1.165) is 108 Å². The van der Waals surface area contributed by atoms with Gasteiger partial charge in [0, 0.05) is 41.1 Å². The van der Waals surface area contributed by atoms with Gasteiger partial charge >= 0.3 is 0 Å². The number of pyridine rings is 1. The second kappa shape index (κ2) is 12.0. The molecule has 8 heteroatoms. The molecule has 3 aromatic carbocycles. The Bertz CT molecular complexity index is 2020. The molecule has 2 aromatic heterocycles. The summed E-state index contributed by atoms with van der Waals surface area (Å²) in [7, 11) is 0. The van der Waals surface area contributed by atoms with Crippen LogP contribution in [-0.2, 0) is 4.74 Å². The summed E-state index contributed by atoms with van der Waals surface area (Å²) >= 11 is 7.26. The topological polar surface area (TPSA) is 56.7 Å². The van der Waals surface area contributed by atoms with Crippen molar-refractivity contribution in [1.29, 1.82) is 0 Å². The van der Waals surface area contributed by atoms with E-state index in [2.05, 4.69) is 54.8 Å². The summed E-state index contributed by atoms with van der Waals surface area (Å²) in [6, 6.07) is 16.3. The highest BCUT2D eigenvalue weighted by Crippen LogP contribution is 2.44. The summed E-state index contributed by atoms with van der Waals surface area (Å²) in [5, 5.41) is 7.20. The van der Waals surface area contributed by atoms with Crippen molar-refractivity contribution in [3.63, 3.8) is 0 Å². The van der Waals surface area contributed by atoms with Gasteiger partial charge in [0.2, 0.25) is 0 Å². The lowest BCUT2D eigenvalue weighted by molar-refractivity contribution is -0.0366. The molecular formula is C37H38ClN5O2. The minimum Gasteiger partial charge on any atom is -0.380 e. The fourth-order valence-electron chi connectivity index (χ4n) is 7.26. The highest BCUT2D eigenvalue weighted by molar-refractivity contribution is 6.35. The van der Waals surface area contributed by atoms with Crippen LogP contribution in [0.25, 0.3) is 43.5 Å². The maximum absolute atomic E-state index is 14.5. The largest absolute Gasteiger partial charge is 0.380 e. The molecule has 4 heterocycles. The van der Waals surface area contributed by atoms with E-state index in [1.807, 2.05) is 35.1 Å². The third kappa shape index (κ3) is 5.01. The molecule has 2 aliphatic rings. The summed E-state index contributed by atoms with van der Waals surface area (Å²) in [6.07, 6.45) is 8.15. The number of benzene rings is 3. The number of rotatable bonds is 5. The predicted molar refractivity (Wildman–Crippen MR) is 183 cm³/mol. The van der Waals surface area contributed by atoms with Gasteiger partial charge in [-0.1, -0.05) is 49.7 Å². The van der Waals surface area contributed by atoms with E-state index in [0.29, 0.717) is 10.7 Å². The SMILES string of the molecule is [C-]#[N+]c1c(N2CCCCC2)c2cc(Cl)c(-c3c(C)ccc4c3cnn4C3CCCCO3)cc2n(-c2ccccc2C(C)C)c1=O. The zero-order valence-electron chi connectivity index (χ0n) is 26.1. The monoisotopic (exact) mass is 619 g/mol. The number of hydrogen-bond acceptors (Lipinski definition) is 4. The molecule has 0 N–H and O–H groups in total. The maximum atomic E-state index is 14.5. The highest BCUT2D eigenvalue weighted by atomic mass is 35.5. The first-order valence-electron chi connectivity index (χ1n) is 16.1.